The van der Waals surface area contributed by atoms with E-state index in [9.17, 15) is 9.90 Å². The second-order valence-electron chi connectivity index (χ2n) is 4.26. The molecule has 0 bridgehead atoms. The molecule has 1 aromatic carbocycles. The molecule has 5 nitrogen and oxygen atoms in total. The number of nitrogens with one attached hydrogen (secondary N) is 1. The second-order valence-corrected chi connectivity index (χ2v) is 4.26. The van der Waals surface area contributed by atoms with E-state index in [2.05, 4.69) is 10.3 Å². The number of hydrogen-bond acceptors (Lipinski definition) is 3. The quantitative estimate of drug-likeness (QED) is 0.817. The number of rotatable bonds is 6. The van der Waals surface area contributed by atoms with Crippen LogP contribution in [0.4, 0.5) is 0 Å². The predicted molar refractivity (Wildman–Crippen MR) is 71.3 cm³/mol. The highest BCUT2D eigenvalue weighted by Crippen LogP contribution is 2.11. The van der Waals surface area contributed by atoms with Gasteiger partial charge in [0.15, 0.2) is 0 Å². The van der Waals surface area contributed by atoms with E-state index in [-0.39, 0.29) is 18.6 Å². The van der Waals surface area contributed by atoms with Gasteiger partial charge in [-0.15, -0.1) is 0 Å². The summed E-state index contributed by atoms with van der Waals surface area (Å²) in [4.78, 5) is 15.7. The molecule has 1 atom stereocenters. The third kappa shape index (κ3) is 3.93. The maximum absolute atomic E-state index is 11.8. The Morgan fingerprint density at radius 3 is 2.79 bits per heavy atom. The summed E-state index contributed by atoms with van der Waals surface area (Å²) >= 11 is 0. The van der Waals surface area contributed by atoms with Crippen LogP contribution in [0.5, 0.6) is 0 Å². The van der Waals surface area contributed by atoms with E-state index in [1.807, 2.05) is 41.1 Å². The normalized spacial score (nSPS) is 12.1. The van der Waals surface area contributed by atoms with E-state index in [1.165, 1.54) is 0 Å². The van der Waals surface area contributed by atoms with Crippen LogP contribution in [-0.2, 0) is 11.3 Å². The van der Waals surface area contributed by atoms with Crippen molar-refractivity contribution in [3.8, 4) is 0 Å². The van der Waals surface area contributed by atoms with Crippen LogP contribution in [0.2, 0.25) is 0 Å². The lowest BCUT2D eigenvalue weighted by atomic mass is 10.1. The molecule has 0 radical (unpaired) electrons. The van der Waals surface area contributed by atoms with Gasteiger partial charge in [0.25, 0.3) is 0 Å². The van der Waals surface area contributed by atoms with Crippen LogP contribution in [-0.4, -0.2) is 27.2 Å². The van der Waals surface area contributed by atoms with Crippen molar-refractivity contribution in [2.24, 2.45) is 0 Å². The zero-order valence-electron chi connectivity index (χ0n) is 10.6. The summed E-state index contributed by atoms with van der Waals surface area (Å²) in [6, 6.07) is 9.09. The van der Waals surface area contributed by atoms with Crippen molar-refractivity contribution in [2.45, 2.75) is 19.0 Å². The first-order chi connectivity index (χ1) is 9.29. The van der Waals surface area contributed by atoms with Gasteiger partial charge in [0.2, 0.25) is 5.91 Å². The molecule has 0 spiro atoms. The number of amides is 1. The summed E-state index contributed by atoms with van der Waals surface area (Å²) < 4.78 is 1.84. The van der Waals surface area contributed by atoms with Crippen LogP contribution >= 0.6 is 0 Å². The molecule has 1 heterocycles. The first kappa shape index (κ1) is 13.3. The molecule has 0 fully saturated rings. The summed E-state index contributed by atoms with van der Waals surface area (Å²) in [6.45, 7) is 0.472. The van der Waals surface area contributed by atoms with Gasteiger partial charge in [0.05, 0.1) is 19.0 Å². The number of benzene rings is 1. The molecule has 0 saturated carbocycles. The number of aliphatic hydroxyl groups is 1. The van der Waals surface area contributed by atoms with E-state index < -0.39 is 0 Å². The van der Waals surface area contributed by atoms with Crippen LogP contribution in [0, 0.1) is 0 Å². The van der Waals surface area contributed by atoms with Crippen LogP contribution in [0.15, 0.2) is 49.1 Å². The van der Waals surface area contributed by atoms with Crippen molar-refractivity contribution < 1.29 is 9.90 Å². The van der Waals surface area contributed by atoms with E-state index in [1.54, 1.807) is 12.5 Å². The Kier molecular flexibility index (Phi) is 4.69. The lowest BCUT2D eigenvalue weighted by molar-refractivity contribution is -0.122. The Labute approximate surface area is 111 Å². The van der Waals surface area contributed by atoms with Gasteiger partial charge < -0.3 is 15.0 Å². The third-order valence-corrected chi connectivity index (χ3v) is 2.88. The molecule has 0 aliphatic rings. The van der Waals surface area contributed by atoms with Crippen LogP contribution in [0.3, 0.4) is 0 Å². The van der Waals surface area contributed by atoms with Gasteiger partial charge in [-0.3, -0.25) is 4.79 Å². The number of aliphatic hydroxyl groups excluding tert-OH is 1. The molecular weight excluding hydrogens is 242 g/mol. The molecule has 19 heavy (non-hydrogen) atoms. The van der Waals surface area contributed by atoms with Crippen LogP contribution in [0.25, 0.3) is 0 Å². The topological polar surface area (TPSA) is 67.2 Å². The lowest BCUT2D eigenvalue weighted by Crippen LogP contribution is -2.31. The molecule has 0 unspecified atom stereocenters. The Hall–Kier alpha value is -2.14. The van der Waals surface area contributed by atoms with Gasteiger partial charge >= 0.3 is 0 Å². The molecule has 0 saturated heterocycles. The Bertz CT molecular complexity index is 497. The van der Waals surface area contributed by atoms with E-state index in [0.29, 0.717) is 13.0 Å². The van der Waals surface area contributed by atoms with Crippen molar-refractivity contribution in [2.75, 3.05) is 6.61 Å². The van der Waals surface area contributed by atoms with Gasteiger partial charge in [-0.25, -0.2) is 4.98 Å². The van der Waals surface area contributed by atoms with Gasteiger partial charge in [0, 0.05) is 25.4 Å². The van der Waals surface area contributed by atoms with Crippen molar-refractivity contribution in [1.29, 1.82) is 0 Å². The monoisotopic (exact) mass is 259 g/mol. The first-order valence-electron chi connectivity index (χ1n) is 6.20. The molecule has 0 aliphatic carbocycles. The molecular formula is C14H17N3O2. The standard InChI is InChI=1S/C14H17N3O2/c18-10-13(12-4-2-1-3-5-12)16-14(19)6-8-17-9-7-15-11-17/h1-5,7,9,11,13,18H,6,8,10H2,(H,16,19)/t13-/m1/s1. The fourth-order valence-electron chi connectivity index (χ4n) is 1.84. The Morgan fingerprint density at radius 2 is 2.16 bits per heavy atom. The van der Waals surface area contributed by atoms with E-state index >= 15 is 0 Å². The summed E-state index contributed by atoms with van der Waals surface area (Å²) in [5, 5.41) is 12.2. The van der Waals surface area contributed by atoms with Crippen molar-refractivity contribution in [3.05, 3.63) is 54.6 Å². The minimum atomic E-state index is -0.350. The first-order valence-corrected chi connectivity index (χ1v) is 6.20. The molecule has 100 valence electrons. The van der Waals surface area contributed by atoms with Crippen molar-refractivity contribution in [3.63, 3.8) is 0 Å². The van der Waals surface area contributed by atoms with Gasteiger partial charge in [-0.1, -0.05) is 30.3 Å². The average Bonchev–Trinajstić information content (AvgIpc) is 2.97. The number of nitrogens with zero attached hydrogens (tertiary/aromatic N) is 2. The molecule has 2 rings (SSSR count). The highest BCUT2D eigenvalue weighted by Gasteiger charge is 2.12. The lowest BCUT2D eigenvalue weighted by Gasteiger charge is -2.16. The molecule has 2 aromatic rings. The summed E-state index contributed by atoms with van der Waals surface area (Å²) in [5.74, 6) is -0.0865. The van der Waals surface area contributed by atoms with E-state index in [0.717, 1.165) is 5.56 Å². The van der Waals surface area contributed by atoms with Crippen LogP contribution < -0.4 is 5.32 Å². The highest BCUT2D eigenvalue weighted by atomic mass is 16.3. The number of aromatic nitrogens is 2. The third-order valence-electron chi connectivity index (χ3n) is 2.88. The predicted octanol–water partition coefficient (Wildman–Crippen LogP) is 1.12. The smallest absolute Gasteiger partial charge is 0.222 e. The SMILES string of the molecule is O=C(CCn1ccnc1)N[C@H](CO)c1ccccc1. The minimum Gasteiger partial charge on any atom is -0.394 e. The largest absolute Gasteiger partial charge is 0.394 e. The Balaban J connectivity index is 1.86. The number of carbonyl (C=O) groups is 1. The van der Waals surface area contributed by atoms with Gasteiger partial charge in [-0.05, 0) is 5.56 Å². The number of aryl methyl sites for hydroxylation is 1. The summed E-state index contributed by atoms with van der Waals surface area (Å²) in [5.41, 5.74) is 0.904. The molecule has 1 aromatic heterocycles. The average molecular weight is 259 g/mol. The number of imidazole rings is 1. The fourth-order valence-corrected chi connectivity index (χ4v) is 1.84. The maximum Gasteiger partial charge on any atom is 0.222 e. The molecule has 2 N–H and O–H groups in total. The van der Waals surface area contributed by atoms with Gasteiger partial charge in [0.1, 0.15) is 0 Å². The zero-order valence-corrected chi connectivity index (χ0v) is 10.6. The minimum absolute atomic E-state index is 0.0865. The highest BCUT2D eigenvalue weighted by molar-refractivity contribution is 5.76. The van der Waals surface area contributed by atoms with Crippen LogP contribution in [0.1, 0.15) is 18.0 Å². The molecule has 1 amide bonds. The van der Waals surface area contributed by atoms with Gasteiger partial charge in [-0.2, -0.15) is 0 Å². The maximum atomic E-state index is 11.8. The molecule has 5 heteroatoms. The number of carbonyl (C=O) groups excluding carboxylic acids is 1. The molecule has 0 aliphatic heterocycles. The Morgan fingerprint density at radius 1 is 1.37 bits per heavy atom. The number of hydrogen-bond donors (Lipinski definition) is 2. The zero-order chi connectivity index (χ0) is 13.5. The fraction of sp³-hybridized carbons (Fsp3) is 0.286. The van der Waals surface area contributed by atoms with Crippen molar-refractivity contribution in [1.82, 2.24) is 14.9 Å². The summed E-state index contributed by atoms with van der Waals surface area (Å²) in [6.07, 6.45) is 5.53. The van der Waals surface area contributed by atoms with Crippen molar-refractivity contribution >= 4 is 5.91 Å². The summed E-state index contributed by atoms with van der Waals surface area (Å²) in [7, 11) is 0. The van der Waals surface area contributed by atoms with E-state index in [4.69, 9.17) is 0 Å². The second kappa shape index (κ2) is 6.70.